The zero-order valence-electron chi connectivity index (χ0n) is 16.5. The lowest BCUT2D eigenvalue weighted by Crippen LogP contribution is -2.46. The number of aromatic nitrogens is 1. The lowest BCUT2D eigenvalue weighted by molar-refractivity contribution is 0.247. The maximum Gasteiger partial charge on any atom is 0.138 e. The van der Waals surface area contributed by atoms with Gasteiger partial charge in [0.25, 0.3) is 0 Å². The number of phenolic OH excluding ortho intramolecular Hbond substituents is 1. The van der Waals surface area contributed by atoms with Crippen molar-refractivity contribution in [2.75, 3.05) is 31.1 Å². The van der Waals surface area contributed by atoms with E-state index >= 15 is 0 Å². The fourth-order valence-corrected chi connectivity index (χ4v) is 4.45. The molecule has 1 aliphatic rings. The Morgan fingerprint density at radius 3 is 2.39 bits per heavy atom. The number of hydrogen-bond acceptors (Lipinski definition) is 5. The monoisotopic (exact) mass is 393 g/mol. The number of piperazine rings is 1. The van der Waals surface area contributed by atoms with Gasteiger partial charge in [0.2, 0.25) is 0 Å². The van der Waals surface area contributed by atoms with Crippen LogP contribution >= 0.6 is 11.3 Å². The molecule has 1 fully saturated rings. The van der Waals surface area contributed by atoms with Gasteiger partial charge in [0.1, 0.15) is 10.8 Å². The maximum absolute atomic E-state index is 10.1. The number of anilines is 1. The Kier molecular flexibility index (Phi) is 5.64. The molecule has 1 N–H and O–H groups in total. The second kappa shape index (κ2) is 8.33. The third-order valence-corrected chi connectivity index (χ3v) is 6.30. The molecule has 1 aromatic heterocycles. The molecule has 3 aromatic rings. The minimum atomic E-state index is 0.364. The van der Waals surface area contributed by atoms with Crippen molar-refractivity contribution in [3.05, 3.63) is 65.2 Å². The van der Waals surface area contributed by atoms with Crippen LogP contribution in [0.5, 0.6) is 5.75 Å². The Balaban J connectivity index is 1.35. The molecule has 0 bridgehead atoms. The average molecular weight is 394 g/mol. The van der Waals surface area contributed by atoms with Crippen LogP contribution < -0.4 is 4.90 Å². The Labute approximate surface area is 171 Å². The topological polar surface area (TPSA) is 39.6 Å². The lowest BCUT2D eigenvalue weighted by Gasteiger charge is -2.36. The van der Waals surface area contributed by atoms with Crippen LogP contribution in [0.1, 0.15) is 31.0 Å². The van der Waals surface area contributed by atoms with E-state index in [4.69, 9.17) is 4.98 Å². The van der Waals surface area contributed by atoms with Gasteiger partial charge < -0.3 is 10.0 Å². The summed E-state index contributed by atoms with van der Waals surface area (Å²) >= 11 is 1.72. The molecule has 0 spiro atoms. The summed E-state index contributed by atoms with van der Waals surface area (Å²) in [7, 11) is 0. The minimum Gasteiger partial charge on any atom is -0.506 e. The van der Waals surface area contributed by atoms with Crippen molar-refractivity contribution >= 4 is 17.0 Å². The van der Waals surface area contributed by atoms with Gasteiger partial charge in [-0.05, 0) is 23.6 Å². The van der Waals surface area contributed by atoms with Crippen molar-refractivity contribution in [2.24, 2.45) is 0 Å². The Bertz CT molecular complexity index is 912. The second-order valence-corrected chi connectivity index (χ2v) is 8.53. The van der Waals surface area contributed by atoms with Crippen molar-refractivity contribution in [1.29, 1.82) is 0 Å². The molecular weight excluding hydrogens is 366 g/mol. The summed E-state index contributed by atoms with van der Waals surface area (Å²) in [6.45, 7) is 9.12. The van der Waals surface area contributed by atoms with Gasteiger partial charge in [0, 0.05) is 43.7 Å². The number of hydrogen-bond donors (Lipinski definition) is 1. The van der Waals surface area contributed by atoms with Crippen LogP contribution in [-0.4, -0.2) is 41.2 Å². The normalized spacial score (nSPS) is 15.3. The molecule has 1 saturated heterocycles. The van der Waals surface area contributed by atoms with Crippen LogP contribution in [-0.2, 0) is 6.54 Å². The quantitative estimate of drug-likeness (QED) is 0.665. The number of phenols is 1. The summed E-state index contributed by atoms with van der Waals surface area (Å²) in [4.78, 5) is 9.56. The van der Waals surface area contributed by atoms with E-state index in [0.29, 0.717) is 11.7 Å². The van der Waals surface area contributed by atoms with Crippen LogP contribution in [0.2, 0.25) is 0 Å². The first-order chi connectivity index (χ1) is 13.6. The molecule has 146 valence electrons. The van der Waals surface area contributed by atoms with Crippen molar-refractivity contribution in [2.45, 2.75) is 26.3 Å². The predicted octanol–water partition coefficient (Wildman–Crippen LogP) is 4.96. The lowest BCUT2D eigenvalue weighted by atomic mass is 10.0. The van der Waals surface area contributed by atoms with Crippen LogP contribution in [0.15, 0.2) is 53.9 Å². The minimum absolute atomic E-state index is 0.364. The van der Waals surface area contributed by atoms with Gasteiger partial charge in [-0.3, -0.25) is 4.90 Å². The number of nitrogens with zero attached hydrogens (tertiary/aromatic N) is 3. The summed E-state index contributed by atoms with van der Waals surface area (Å²) in [6, 6.07) is 16.4. The first-order valence-electron chi connectivity index (χ1n) is 9.90. The highest BCUT2D eigenvalue weighted by Crippen LogP contribution is 2.28. The van der Waals surface area contributed by atoms with E-state index in [9.17, 15) is 5.11 Å². The molecule has 1 aliphatic heterocycles. The van der Waals surface area contributed by atoms with Gasteiger partial charge in [-0.1, -0.05) is 50.2 Å². The number of aromatic hydroxyl groups is 1. The molecule has 0 aliphatic carbocycles. The highest BCUT2D eigenvalue weighted by atomic mass is 32.1. The highest BCUT2D eigenvalue weighted by Gasteiger charge is 2.20. The molecular formula is C23H27N3OS. The predicted molar refractivity (Wildman–Crippen MR) is 117 cm³/mol. The van der Waals surface area contributed by atoms with Gasteiger partial charge in [-0.25, -0.2) is 4.98 Å². The largest absolute Gasteiger partial charge is 0.506 e. The van der Waals surface area contributed by atoms with Crippen molar-refractivity contribution in [3.8, 4) is 16.3 Å². The maximum atomic E-state index is 10.1. The Morgan fingerprint density at radius 2 is 1.71 bits per heavy atom. The van der Waals surface area contributed by atoms with E-state index in [1.807, 2.05) is 18.2 Å². The third kappa shape index (κ3) is 4.21. The number of thiazole rings is 1. The summed E-state index contributed by atoms with van der Waals surface area (Å²) < 4.78 is 0. The molecule has 28 heavy (non-hydrogen) atoms. The Hall–Kier alpha value is -2.37. The van der Waals surface area contributed by atoms with E-state index in [2.05, 4.69) is 53.3 Å². The van der Waals surface area contributed by atoms with E-state index in [-0.39, 0.29) is 0 Å². The van der Waals surface area contributed by atoms with E-state index in [0.717, 1.165) is 49.1 Å². The van der Waals surface area contributed by atoms with Crippen molar-refractivity contribution < 1.29 is 5.11 Å². The zero-order valence-corrected chi connectivity index (χ0v) is 17.3. The number of rotatable bonds is 5. The van der Waals surface area contributed by atoms with Crippen LogP contribution in [0.25, 0.3) is 10.6 Å². The SMILES string of the molecule is CC(C)c1ccc(-c2nc(CN3CCN(c4ccccc4O)CC3)cs2)cc1. The summed E-state index contributed by atoms with van der Waals surface area (Å²) in [5.74, 6) is 0.918. The van der Waals surface area contributed by atoms with Crippen molar-refractivity contribution in [1.82, 2.24) is 9.88 Å². The van der Waals surface area contributed by atoms with Gasteiger partial charge in [-0.2, -0.15) is 0 Å². The first kappa shape index (κ1) is 19.0. The zero-order chi connectivity index (χ0) is 19.5. The summed E-state index contributed by atoms with van der Waals surface area (Å²) in [6.07, 6.45) is 0. The van der Waals surface area contributed by atoms with E-state index < -0.39 is 0 Å². The molecule has 0 radical (unpaired) electrons. The molecule has 0 unspecified atom stereocenters. The molecule has 0 saturated carbocycles. The molecule has 0 amide bonds. The van der Waals surface area contributed by atoms with Crippen LogP contribution in [0.3, 0.4) is 0 Å². The summed E-state index contributed by atoms with van der Waals surface area (Å²) in [5, 5.41) is 13.3. The van der Waals surface area contributed by atoms with Gasteiger partial charge in [0.15, 0.2) is 0 Å². The van der Waals surface area contributed by atoms with E-state index in [1.165, 1.54) is 11.1 Å². The van der Waals surface area contributed by atoms with E-state index in [1.54, 1.807) is 17.4 Å². The average Bonchev–Trinajstić information content (AvgIpc) is 3.18. The highest BCUT2D eigenvalue weighted by molar-refractivity contribution is 7.13. The standard InChI is InChI=1S/C23H27N3OS/c1-17(2)18-7-9-19(10-8-18)23-24-20(16-28-23)15-25-11-13-26(14-12-25)21-5-3-4-6-22(21)27/h3-10,16-17,27H,11-15H2,1-2H3. The molecule has 5 heteroatoms. The molecule has 2 aromatic carbocycles. The first-order valence-corrected chi connectivity index (χ1v) is 10.8. The number of para-hydroxylation sites is 2. The molecule has 0 atom stereocenters. The molecule has 4 nitrogen and oxygen atoms in total. The third-order valence-electron chi connectivity index (χ3n) is 5.36. The van der Waals surface area contributed by atoms with Crippen LogP contribution in [0.4, 0.5) is 5.69 Å². The summed E-state index contributed by atoms with van der Waals surface area (Å²) in [5.41, 5.74) is 4.64. The number of benzene rings is 2. The smallest absolute Gasteiger partial charge is 0.138 e. The van der Waals surface area contributed by atoms with Gasteiger partial charge in [-0.15, -0.1) is 11.3 Å². The Morgan fingerprint density at radius 1 is 1.00 bits per heavy atom. The fourth-order valence-electron chi connectivity index (χ4n) is 3.63. The van der Waals surface area contributed by atoms with Gasteiger partial charge in [0.05, 0.1) is 11.4 Å². The van der Waals surface area contributed by atoms with Crippen molar-refractivity contribution in [3.63, 3.8) is 0 Å². The van der Waals surface area contributed by atoms with Crippen LogP contribution in [0, 0.1) is 0 Å². The second-order valence-electron chi connectivity index (χ2n) is 7.67. The van der Waals surface area contributed by atoms with Gasteiger partial charge >= 0.3 is 0 Å². The molecule has 4 rings (SSSR count). The molecule has 2 heterocycles. The fraction of sp³-hybridized carbons (Fsp3) is 0.348.